The number of carbonyl (C=O) groups excluding carboxylic acids is 1. The van der Waals surface area contributed by atoms with Gasteiger partial charge in [0.25, 0.3) is 0 Å². The molecular weight excluding hydrogens is 397 g/mol. The second-order valence-corrected chi connectivity index (χ2v) is 8.82. The molecule has 0 unspecified atom stereocenters. The van der Waals surface area contributed by atoms with Crippen LogP contribution in [-0.2, 0) is 23.4 Å². The zero-order valence-corrected chi connectivity index (χ0v) is 17.9. The average Bonchev–Trinajstić information content (AvgIpc) is 2.67. The van der Waals surface area contributed by atoms with Crippen LogP contribution in [0.5, 0.6) is 0 Å². The number of benzene rings is 2. The minimum Gasteiger partial charge on any atom is -0.349 e. The molecule has 3 rings (SSSR count). The van der Waals surface area contributed by atoms with Crippen LogP contribution in [0.25, 0.3) is 0 Å². The van der Waals surface area contributed by atoms with E-state index in [1.807, 2.05) is 12.1 Å². The van der Waals surface area contributed by atoms with Gasteiger partial charge in [-0.1, -0.05) is 54.4 Å². The number of thioether (sulfide) groups is 1. The summed E-state index contributed by atoms with van der Waals surface area (Å²) in [6, 6.07) is 12.3. The first kappa shape index (κ1) is 20.6. The molecule has 2 nitrogen and oxygen atoms in total. The van der Waals surface area contributed by atoms with E-state index < -0.39 is 0 Å². The number of nitrogens with one attached hydrogen (secondary N) is 1. The number of aryl methyl sites for hydroxylation is 2. The molecule has 0 spiro atoms. The van der Waals surface area contributed by atoms with Gasteiger partial charge in [-0.15, -0.1) is 11.8 Å². The van der Waals surface area contributed by atoms with Crippen molar-refractivity contribution >= 4 is 40.9 Å². The first-order valence-corrected chi connectivity index (χ1v) is 11.4. The first-order valence-electron chi connectivity index (χ1n) is 9.49. The van der Waals surface area contributed by atoms with Gasteiger partial charge in [0.1, 0.15) is 0 Å². The molecule has 1 amide bonds. The summed E-state index contributed by atoms with van der Waals surface area (Å²) in [5.41, 5.74) is 5.15. The molecule has 1 atom stereocenters. The molecule has 1 N–H and O–H groups in total. The smallest absolute Gasteiger partial charge is 0.230 e. The van der Waals surface area contributed by atoms with Crippen molar-refractivity contribution in [3.63, 3.8) is 0 Å². The summed E-state index contributed by atoms with van der Waals surface area (Å²) < 4.78 is 0. The fraction of sp³-hybridized carbons (Fsp3) is 0.409. The molecule has 0 saturated carbocycles. The molecule has 27 heavy (non-hydrogen) atoms. The van der Waals surface area contributed by atoms with Crippen molar-refractivity contribution in [3.8, 4) is 0 Å². The minimum atomic E-state index is 0.0645. The molecule has 144 valence electrons. The molecule has 0 saturated heterocycles. The number of rotatable bonds is 7. The number of carbonyl (C=O) groups is 1. The lowest BCUT2D eigenvalue weighted by Gasteiger charge is -2.21. The first-order chi connectivity index (χ1) is 13.1. The van der Waals surface area contributed by atoms with Crippen molar-refractivity contribution in [2.24, 2.45) is 0 Å². The van der Waals surface area contributed by atoms with Crippen molar-refractivity contribution in [2.75, 3.05) is 5.75 Å². The highest BCUT2D eigenvalue weighted by Gasteiger charge is 2.16. The summed E-state index contributed by atoms with van der Waals surface area (Å²) in [7, 11) is 0. The van der Waals surface area contributed by atoms with Gasteiger partial charge < -0.3 is 5.32 Å². The highest BCUT2D eigenvalue weighted by Crippen LogP contribution is 2.27. The lowest BCUT2D eigenvalue weighted by molar-refractivity contribution is -0.119. The Bertz CT molecular complexity index is 809. The van der Waals surface area contributed by atoms with Crippen LogP contribution in [0, 0.1) is 0 Å². The van der Waals surface area contributed by atoms with Crippen molar-refractivity contribution in [2.45, 2.75) is 50.8 Å². The number of amides is 1. The zero-order valence-electron chi connectivity index (χ0n) is 15.6. The predicted octanol–water partition coefficient (Wildman–Crippen LogP) is 6.37. The van der Waals surface area contributed by atoms with Gasteiger partial charge in [0.05, 0.1) is 11.8 Å². The zero-order chi connectivity index (χ0) is 19.2. The summed E-state index contributed by atoms with van der Waals surface area (Å²) in [5, 5.41) is 4.46. The second-order valence-electron chi connectivity index (χ2n) is 6.99. The molecule has 0 radical (unpaired) electrons. The predicted molar refractivity (Wildman–Crippen MR) is 117 cm³/mol. The standard InChI is InChI=1S/C22H25Cl2NOS/c1-2-21(17-8-7-15-5-3-4-6-16(15)11-17)25-22(26)14-27-13-18-9-10-19(23)12-20(18)24/h7-12,21H,2-6,13-14H2,1H3,(H,25,26)/t21-/m0/s1. The monoisotopic (exact) mass is 421 g/mol. The lowest BCUT2D eigenvalue weighted by atomic mass is 9.89. The average molecular weight is 422 g/mol. The van der Waals surface area contributed by atoms with E-state index in [9.17, 15) is 4.79 Å². The fourth-order valence-electron chi connectivity index (χ4n) is 3.52. The van der Waals surface area contributed by atoms with E-state index in [1.165, 1.54) is 36.0 Å². The minimum absolute atomic E-state index is 0.0645. The summed E-state index contributed by atoms with van der Waals surface area (Å²) in [4.78, 5) is 12.4. The maximum atomic E-state index is 12.4. The van der Waals surface area contributed by atoms with E-state index in [0.29, 0.717) is 21.6 Å². The molecule has 0 bridgehead atoms. The highest BCUT2D eigenvalue weighted by molar-refractivity contribution is 7.99. The lowest BCUT2D eigenvalue weighted by Crippen LogP contribution is -2.29. The fourth-order valence-corrected chi connectivity index (χ4v) is 4.92. The molecule has 2 aromatic rings. The normalized spacial score (nSPS) is 14.5. The number of halogens is 2. The third-order valence-corrected chi connectivity index (χ3v) is 6.59. The van der Waals surface area contributed by atoms with Gasteiger partial charge in [0.2, 0.25) is 5.91 Å². The number of hydrogen-bond acceptors (Lipinski definition) is 2. The molecule has 0 heterocycles. The summed E-state index contributed by atoms with van der Waals surface area (Å²) in [6.07, 6.45) is 5.78. The van der Waals surface area contributed by atoms with Gasteiger partial charge in [-0.3, -0.25) is 4.79 Å². The van der Waals surface area contributed by atoms with E-state index >= 15 is 0 Å². The van der Waals surface area contributed by atoms with Gasteiger partial charge in [0, 0.05) is 15.8 Å². The van der Waals surface area contributed by atoms with E-state index in [4.69, 9.17) is 23.2 Å². The Morgan fingerprint density at radius 3 is 2.63 bits per heavy atom. The van der Waals surface area contributed by atoms with Crippen molar-refractivity contribution in [1.82, 2.24) is 5.32 Å². The second kappa shape index (κ2) is 9.86. The van der Waals surface area contributed by atoms with Crippen LogP contribution >= 0.6 is 35.0 Å². The Labute approximate surface area is 176 Å². The van der Waals surface area contributed by atoms with Gasteiger partial charge in [0.15, 0.2) is 0 Å². The van der Waals surface area contributed by atoms with Gasteiger partial charge in [-0.25, -0.2) is 0 Å². The van der Waals surface area contributed by atoms with E-state index in [0.717, 1.165) is 18.4 Å². The van der Waals surface area contributed by atoms with E-state index in [-0.39, 0.29) is 11.9 Å². The van der Waals surface area contributed by atoms with Gasteiger partial charge in [-0.05, 0) is 66.5 Å². The van der Waals surface area contributed by atoms with Crippen LogP contribution in [0.1, 0.15) is 54.5 Å². The third-order valence-electron chi connectivity index (χ3n) is 5.02. The summed E-state index contributed by atoms with van der Waals surface area (Å²) in [5.74, 6) is 1.18. The topological polar surface area (TPSA) is 29.1 Å². The quantitative estimate of drug-likeness (QED) is 0.562. The molecule has 0 aliphatic heterocycles. The van der Waals surface area contributed by atoms with Crippen LogP contribution in [0.15, 0.2) is 36.4 Å². The molecule has 1 aliphatic carbocycles. The molecule has 0 fully saturated rings. The Kier molecular flexibility index (Phi) is 7.51. The Morgan fingerprint density at radius 2 is 1.89 bits per heavy atom. The van der Waals surface area contributed by atoms with Crippen LogP contribution < -0.4 is 5.32 Å². The highest BCUT2D eigenvalue weighted by atomic mass is 35.5. The van der Waals surface area contributed by atoms with Gasteiger partial charge in [-0.2, -0.15) is 0 Å². The van der Waals surface area contributed by atoms with Crippen molar-refractivity contribution in [3.05, 3.63) is 68.7 Å². The molecule has 1 aliphatic rings. The van der Waals surface area contributed by atoms with Crippen LogP contribution in [0.4, 0.5) is 0 Å². The van der Waals surface area contributed by atoms with E-state index in [2.05, 4.69) is 30.4 Å². The number of hydrogen-bond donors (Lipinski definition) is 1. The third kappa shape index (κ3) is 5.66. The molecule has 5 heteroatoms. The molecule has 2 aromatic carbocycles. The van der Waals surface area contributed by atoms with Gasteiger partial charge >= 0.3 is 0 Å². The van der Waals surface area contributed by atoms with Crippen LogP contribution in [-0.4, -0.2) is 11.7 Å². The van der Waals surface area contributed by atoms with Crippen molar-refractivity contribution < 1.29 is 4.79 Å². The maximum Gasteiger partial charge on any atom is 0.230 e. The Morgan fingerprint density at radius 1 is 1.11 bits per heavy atom. The van der Waals surface area contributed by atoms with Crippen LogP contribution in [0.3, 0.4) is 0 Å². The summed E-state index contributed by atoms with van der Waals surface area (Å²) >= 11 is 13.7. The maximum absolute atomic E-state index is 12.4. The molecule has 0 aromatic heterocycles. The SMILES string of the molecule is CC[C@H](NC(=O)CSCc1ccc(Cl)cc1Cl)c1ccc2c(c1)CCCC2. The van der Waals surface area contributed by atoms with Crippen LogP contribution in [0.2, 0.25) is 10.0 Å². The number of fused-ring (bicyclic) bond motifs is 1. The van der Waals surface area contributed by atoms with Crippen molar-refractivity contribution in [1.29, 1.82) is 0 Å². The van der Waals surface area contributed by atoms with E-state index in [1.54, 1.807) is 17.8 Å². The Balaban J connectivity index is 1.54. The Hall–Kier alpha value is -1.16. The summed E-state index contributed by atoms with van der Waals surface area (Å²) in [6.45, 7) is 2.12. The largest absolute Gasteiger partial charge is 0.349 e. The molecular formula is C22H25Cl2NOS.